The highest BCUT2D eigenvalue weighted by molar-refractivity contribution is 5.55. The molecule has 1 rings (SSSR count). The molecule has 0 aliphatic rings. The van der Waals surface area contributed by atoms with Gasteiger partial charge < -0.3 is 14.7 Å². The minimum absolute atomic E-state index is 0.997. The molecule has 118 valence electrons. The molecule has 3 heteroatoms. The zero-order valence-corrected chi connectivity index (χ0v) is 14.3. The van der Waals surface area contributed by atoms with Crippen LogP contribution in [0.2, 0.25) is 0 Å². The molecule has 0 fully saturated rings. The summed E-state index contributed by atoms with van der Waals surface area (Å²) in [4.78, 5) is 6.94. The quantitative estimate of drug-likeness (QED) is 0.692. The van der Waals surface area contributed by atoms with Crippen LogP contribution in [0.3, 0.4) is 0 Å². The molecule has 0 saturated carbocycles. The van der Waals surface area contributed by atoms with Crippen molar-refractivity contribution in [3.63, 3.8) is 0 Å². The smallest absolute Gasteiger partial charge is 0.0361 e. The van der Waals surface area contributed by atoms with Crippen molar-refractivity contribution in [2.45, 2.75) is 13.8 Å². The molecule has 0 amide bonds. The summed E-state index contributed by atoms with van der Waals surface area (Å²) in [5.74, 6) is 0. The molecule has 0 atom stereocenters. The lowest BCUT2D eigenvalue weighted by Crippen LogP contribution is -2.33. The second kappa shape index (κ2) is 9.59. The predicted octanol–water partition coefficient (Wildman–Crippen LogP) is 3.04. The van der Waals surface area contributed by atoms with E-state index in [0.717, 1.165) is 32.7 Å². The van der Waals surface area contributed by atoms with E-state index in [-0.39, 0.29) is 0 Å². The van der Waals surface area contributed by atoms with Gasteiger partial charge in [-0.05, 0) is 37.8 Å². The Morgan fingerprint density at radius 2 is 1.52 bits per heavy atom. The molecule has 3 nitrogen and oxygen atoms in total. The molecule has 0 saturated heterocycles. The number of hydrogen-bond donors (Lipinski definition) is 0. The number of likely N-dealkylation sites (N-methyl/N-ethyl adjacent to an activating group) is 2. The first-order chi connectivity index (χ1) is 10.1. The molecule has 0 heterocycles. The summed E-state index contributed by atoms with van der Waals surface area (Å²) in [7, 11) is 6.31. The second-order valence-corrected chi connectivity index (χ2v) is 5.68. The van der Waals surface area contributed by atoms with Crippen LogP contribution in [0.5, 0.6) is 0 Å². The van der Waals surface area contributed by atoms with Crippen LogP contribution in [0.15, 0.2) is 30.3 Å². The van der Waals surface area contributed by atoms with Gasteiger partial charge in [0, 0.05) is 39.4 Å². The first kappa shape index (κ1) is 17.7. The molecule has 0 aliphatic carbocycles. The number of benzene rings is 1. The zero-order chi connectivity index (χ0) is 15.7. The summed E-state index contributed by atoms with van der Waals surface area (Å²) in [6.07, 6.45) is 4.44. The first-order valence-corrected chi connectivity index (χ1v) is 7.91. The summed E-state index contributed by atoms with van der Waals surface area (Å²) < 4.78 is 0. The largest absolute Gasteiger partial charge is 0.378 e. The van der Waals surface area contributed by atoms with Gasteiger partial charge in [-0.15, -0.1) is 0 Å². The predicted molar refractivity (Wildman–Crippen MR) is 95.1 cm³/mol. The summed E-state index contributed by atoms with van der Waals surface area (Å²) in [6.45, 7) is 9.98. The van der Waals surface area contributed by atoms with E-state index in [4.69, 9.17) is 0 Å². The van der Waals surface area contributed by atoms with E-state index in [0.29, 0.717) is 0 Å². The maximum Gasteiger partial charge on any atom is 0.0361 e. The fourth-order valence-corrected chi connectivity index (χ4v) is 2.20. The Labute approximate surface area is 130 Å². The summed E-state index contributed by atoms with van der Waals surface area (Å²) in [5.41, 5.74) is 2.50. The number of nitrogens with zero attached hydrogens (tertiary/aromatic N) is 3. The number of hydrogen-bond acceptors (Lipinski definition) is 3. The third kappa shape index (κ3) is 6.78. The molecular formula is C18H31N3. The lowest BCUT2D eigenvalue weighted by atomic mass is 10.2. The molecule has 1 aromatic rings. The van der Waals surface area contributed by atoms with Crippen LogP contribution in [0.1, 0.15) is 19.4 Å². The molecule has 0 aliphatic heterocycles. The Hall–Kier alpha value is -1.32. The third-order valence-corrected chi connectivity index (χ3v) is 3.83. The van der Waals surface area contributed by atoms with Crippen LogP contribution >= 0.6 is 0 Å². The first-order valence-electron chi connectivity index (χ1n) is 7.91. The van der Waals surface area contributed by atoms with Crippen LogP contribution in [0.25, 0.3) is 6.08 Å². The van der Waals surface area contributed by atoms with E-state index in [9.17, 15) is 0 Å². The highest BCUT2D eigenvalue weighted by Crippen LogP contribution is 2.13. The molecule has 0 spiro atoms. The third-order valence-electron chi connectivity index (χ3n) is 3.83. The minimum Gasteiger partial charge on any atom is -0.378 e. The van der Waals surface area contributed by atoms with Crippen molar-refractivity contribution >= 4 is 11.8 Å². The van der Waals surface area contributed by atoms with Crippen LogP contribution in [0.4, 0.5) is 5.69 Å². The van der Waals surface area contributed by atoms with Crippen LogP contribution in [-0.2, 0) is 0 Å². The highest BCUT2D eigenvalue weighted by atomic mass is 15.2. The van der Waals surface area contributed by atoms with Gasteiger partial charge in [0.05, 0.1) is 0 Å². The normalized spacial score (nSPS) is 11.8. The fourth-order valence-electron chi connectivity index (χ4n) is 2.20. The van der Waals surface area contributed by atoms with E-state index in [1.165, 1.54) is 11.3 Å². The molecule has 0 unspecified atom stereocenters. The Kier molecular flexibility index (Phi) is 8.09. The van der Waals surface area contributed by atoms with Crippen molar-refractivity contribution in [3.05, 3.63) is 35.9 Å². The Balaban J connectivity index is 2.36. The average Bonchev–Trinajstić information content (AvgIpc) is 2.49. The van der Waals surface area contributed by atoms with Gasteiger partial charge in [0.25, 0.3) is 0 Å². The number of rotatable bonds is 9. The van der Waals surface area contributed by atoms with Gasteiger partial charge in [0.2, 0.25) is 0 Å². The molecule has 21 heavy (non-hydrogen) atoms. The van der Waals surface area contributed by atoms with E-state index in [1.54, 1.807) is 0 Å². The van der Waals surface area contributed by atoms with Gasteiger partial charge in [-0.3, -0.25) is 0 Å². The van der Waals surface area contributed by atoms with Gasteiger partial charge in [-0.1, -0.05) is 38.1 Å². The summed E-state index contributed by atoms with van der Waals surface area (Å²) >= 11 is 0. The topological polar surface area (TPSA) is 9.72 Å². The Morgan fingerprint density at radius 3 is 2.05 bits per heavy atom. The fraction of sp³-hybridized carbons (Fsp3) is 0.556. The molecule has 1 aromatic carbocycles. The lowest BCUT2D eigenvalue weighted by molar-refractivity contribution is 0.252. The van der Waals surface area contributed by atoms with Crippen LogP contribution < -0.4 is 4.90 Å². The monoisotopic (exact) mass is 289 g/mol. The van der Waals surface area contributed by atoms with Gasteiger partial charge in [-0.2, -0.15) is 0 Å². The van der Waals surface area contributed by atoms with Crippen LogP contribution in [-0.4, -0.2) is 63.7 Å². The zero-order valence-electron chi connectivity index (χ0n) is 14.3. The van der Waals surface area contributed by atoms with Gasteiger partial charge in [0.1, 0.15) is 0 Å². The minimum atomic E-state index is 0.997. The van der Waals surface area contributed by atoms with Gasteiger partial charge >= 0.3 is 0 Å². The summed E-state index contributed by atoms with van der Waals surface area (Å²) in [6, 6.07) is 8.65. The van der Waals surface area contributed by atoms with Crippen molar-refractivity contribution in [1.82, 2.24) is 9.80 Å². The molecular weight excluding hydrogens is 258 g/mol. The van der Waals surface area contributed by atoms with Gasteiger partial charge in [0.15, 0.2) is 0 Å². The molecule has 0 radical (unpaired) electrons. The maximum absolute atomic E-state index is 2.46. The van der Waals surface area contributed by atoms with E-state index < -0.39 is 0 Å². The van der Waals surface area contributed by atoms with Gasteiger partial charge in [-0.25, -0.2) is 0 Å². The van der Waals surface area contributed by atoms with Crippen molar-refractivity contribution in [2.24, 2.45) is 0 Å². The second-order valence-electron chi connectivity index (χ2n) is 5.68. The van der Waals surface area contributed by atoms with E-state index in [2.05, 4.69) is 86.1 Å². The summed E-state index contributed by atoms with van der Waals surface area (Å²) in [5, 5.41) is 0. The average molecular weight is 289 g/mol. The van der Waals surface area contributed by atoms with Crippen molar-refractivity contribution in [2.75, 3.05) is 58.8 Å². The maximum atomic E-state index is 2.46. The number of anilines is 1. The molecule has 0 bridgehead atoms. The molecule has 0 N–H and O–H groups in total. The Bertz CT molecular complexity index is 405. The standard InChI is InChI=1S/C18H31N3/c1-6-21(7-2)16-15-20(5)14-8-9-17-10-12-18(13-11-17)19(3)4/h8-13H,6-7,14-16H2,1-5H3/b9-8-. The Morgan fingerprint density at radius 1 is 0.905 bits per heavy atom. The van der Waals surface area contributed by atoms with E-state index in [1.807, 2.05) is 0 Å². The van der Waals surface area contributed by atoms with E-state index >= 15 is 0 Å². The lowest BCUT2D eigenvalue weighted by Gasteiger charge is -2.22. The highest BCUT2D eigenvalue weighted by Gasteiger charge is 2.01. The van der Waals surface area contributed by atoms with Crippen molar-refractivity contribution in [3.8, 4) is 0 Å². The van der Waals surface area contributed by atoms with Crippen LogP contribution in [0, 0.1) is 0 Å². The molecule has 0 aromatic heterocycles. The van der Waals surface area contributed by atoms with Crippen molar-refractivity contribution in [1.29, 1.82) is 0 Å². The SMILES string of the molecule is CCN(CC)CCN(C)C/C=C\c1ccc(N(C)C)cc1. The van der Waals surface area contributed by atoms with Crippen molar-refractivity contribution < 1.29 is 0 Å².